The fourth-order valence-corrected chi connectivity index (χ4v) is 3.16. The van der Waals surface area contributed by atoms with Crippen molar-refractivity contribution in [2.45, 2.75) is 19.4 Å². The molecule has 2 nitrogen and oxygen atoms in total. The molecule has 4 rings (SSSR count). The highest BCUT2D eigenvalue weighted by Crippen LogP contribution is 2.41. The molecule has 1 unspecified atom stereocenters. The Morgan fingerprint density at radius 2 is 1.54 bits per heavy atom. The summed E-state index contributed by atoms with van der Waals surface area (Å²) < 4.78 is 6.28. The third kappa shape index (κ3) is 2.61. The summed E-state index contributed by atoms with van der Waals surface area (Å²) in [5.74, 6) is 0.838. The van der Waals surface area contributed by atoms with Gasteiger partial charge in [-0.15, -0.1) is 0 Å². The molecule has 0 saturated carbocycles. The molecule has 3 aromatic rings. The fourth-order valence-electron chi connectivity index (χ4n) is 3.16. The number of hydrogen-bond acceptors (Lipinski definition) is 2. The van der Waals surface area contributed by atoms with Gasteiger partial charge < -0.3 is 4.74 Å². The van der Waals surface area contributed by atoms with E-state index in [1.165, 1.54) is 5.56 Å². The molecule has 0 fully saturated rings. The lowest BCUT2D eigenvalue weighted by atomic mass is 9.92. The lowest BCUT2D eigenvalue weighted by Gasteiger charge is -2.27. The second-order valence-electron chi connectivity index (χ2n) is 6.19. The Morgan fingerprint density at radius 1 is 0.833 bits per heavy atom. The summed E-state index contributed by atoms with van der Waals surface area (Å²) in [6.07, 6.45) is 0.159. The Balaban J connectivity index is 1.80. The number of Topliss-reactive ketones (excluding diaryl/α,β-unsaturated/α-hetero) is 1. The van der Waals surface area contributed by atoms with Gasteiger partial charge in [-0.25, -0.2) is 0 Å². The second kappa shape index (κ2) is 5.97. The van der Waals surface area contributed by atoms with E-state index < -0.39 is 0 Å². The first-order valence-electron chi connectivity index (χ1n) is 8.17. The van der Waals surface area contributed by atoms with E-state index in [2.05, 4.69) is 31.2 Å². The van der Waals surface area contributed by atoms with Crippen LogP contribution in [0.1, 0.15) is 34.0 Å². The van der Waals surface area contributed by atoms with Crippen molar-refractivity contribution in [3.63, 3.8) is 0 Å². The second-order valence-corrected chi connectivity index (χ2v) is 6.19. The van der Waals surface area contributed by atoms with Crippen molar-refractivity contribution >= 4 is 5.78 Å². The molecule has 0 aromatic heterocycles. The average Bonchev–Trinajstić information content (AvgIpc) is 2.63. The highest BCUT2D eigenvalue weighted by atomic mass is 16.5. The van der Waals surface area contributed by atoms with Gasteiger partial charge in [-0.2, -0.15) is 0 Å². The number of rotatable bonds is 2. The van der Waals surface area contributed by atoms with Crippen LogP contribution in [0, 0.1) is 6.92 Å². The van der Waals surface area contributed by atoms with Crippen LogP contribution in [0.4, 0.5) is 0 Å². The van der Waals surface area contributed by atoms with Crippen molar-refractivity contribution in [1.29, 1.82) is 0 Å². The fraction of sp³-hybridized carbons (Fsp3) is 0.136. The van der Waals surface area contributed by atoms with Crippen LogP contribution in [0.3, 0.4) is 0 Å². The van der Waals surface area contributed by atoms with Gasteiger partial charge >= 0.3 is 0 Å². The number of ketones is 1. The van der Waals surface area contributed by atoms with E-state index in [0.29, 0.717) is 17.7 Å². The topological polar surface area (TPSA) is 26.3 Å². The Labute approximate surface area is 141 Å². The van der Waals surface area contributed by atoms with Crippen molar-refractivity contribution in [3.8, 4) is 16.9 Å². The molecule has 1 aliphatic rings. The Morgan fingerprint density at radius 3 is 2.29 bits per heavy atom. The first kappa shape index (κ1) is 14.7. The van der Waals surface area contributed by atoms with E-state index in [1.54, 1.807) is 0 Å². The highest BCUT2D eigenvalue weighted by molar-refractivity contribution is 6.02. The number of aryl methyl sites for hydroxylation is 1. The molecule has 2 heteroatoms. The standard InChI is InChI=1S/C22H18O2/c1-15-10-12-16(13-11-15)18-8-5-9-19-20(23)14-21(24-22(18)19)17-6-3-2-4-7-17/h2-13,21H,14H2,1H3. The van der Waals surface area contributed by atoms with Gasteiger partial charge in [0.2, 0.25) is 0 Å². The minimum Gasteiger partial charge on any atom is -0.484 e. The number of hydrogen-bond donors (Lipinski definition) is 0. The molecule has 1 heterocycles. The number of para-hydroxylation sites is 1. The lowest BCUT2D eigenvalue weighted by molar-refractivity contribution is 0.0851. The monoisotopic (exact) mass is 314 g/mol. The smallest absolute Gasteiger partial charge is 0.170 e. The van der Waals surface area contributed by atoms with Gasteiger partial charge in [0.05, 0.1) is 12.0 Å². The molecule has 1 atom stereocenters. The zero-order valence-electron chi connectivity index (χ0n) is 13.5. The molecular weight excluding hydrogens is 296 g/mol. The summed E-state index contributed by atoms with van der Waals surface area (Å²) in [6.45, 7) is 2.07. The minimum atomic E-state index is -0.224. The Hall–Kier alpha value is -2.87. The molecule has 0 radical (unpaired) electrons. The van der Waals surface area contributed by atoms with Crippen molar-refractivity contribution < 1.29 is 9.53 Å². The van der Waals surface area contributed by atoms with E-state index in [4.69, 9.17) is 4.74 Å². The zero-order valence-corrected chi connectivity index (χ0v) is 13.5. The molecule has 0 amide bonds. The van der Waals surface area contributed by atoms with Gasteiger partial charge in [0.1, 0.15) is 11.9 Å². The van der Waals surface area contributed by atoms with Crippen molar-refractivity contribution in [2.75, 3.05) is 0 Å². The molecule has 0 spiro atoms. The van der Waals surface area contributed by atoms with E-state index in [0.717, 1.165) is 16.7 Å². The van der Waals surface area contributed by atoms with Crippen LogP contribution in [0.25, 0.3) is 11.1 Å². The van der Waals surface area contributed by atoms with Gasteiger partial charge in [0.15, 0.2) is 5.78 Å². The normalized spacial score (nSPS) is 16.4. The van der Waals surface area contributed by atoms with E-state index >= 15 is 0 Å². The predicted octanol–water partition coefficient (Wildman–Crippen LogP) is 5.37. The summed E-state index contributed by atoms with van der Waals surface area (Å²) in [6, 6.07) is 24.1. The minimum absolute atomic E-state index is 0.138. The maximum atomic E-state index is 12.6. The molecule has 118 valence electrons. The van der Waals surface area contributed by atoms with Crippen LogP contribution in [0.5, 0.6) is 5.75 Å². The van der Waals surface area contributed by atoms with Crippen molar-refractivity contribution in [2.24, 2.45) is 0 Å². The molecule has 24 heavy (non-hydrogen) atoms. The van der Waals surface area contributed by atoms with Crippen LogP contribution in [0.2, 0.25) is 0 Å². The van der Waals surface area contributed by atoms with Crippen LogP contribution < -0.4 is 4.74 Å². The first-order chi connectivity index (χ1) is 11.7. The summed E-state index contributed by atoms with van der Waals surface area (Å²) in [5, 5.41) is 0. The van der Waals surface area contributed by atoms with Crippen molar-refractivity contribution in [3.05, 3.63) is 89.5 Å². The zero-order chi connectivity index (χ0) is 16.5. The predicted molar refractivity (Wildman–Crippen MR) is 95.4 cm³/mol. The molecule has 3 aromatic carbocycles. The maximum absolute atomic E-state index is 12.6. The summed E-state index contributed by atoms with van der Waals surface area (Å²) in [5.41, 5.74) is 4.97. The van der Waals surface area contributed by atoms with Gasteiger partial charge in [0.25, 0.3) is 0 Å². The Bertz CT molecular complexity index is 880. The number of ether oxygens (including phenoxy) is 1. The maximum Gasteiger partial charge on any atom is 0.170 e. The molecule has 1 aliphatic heterocycles. The van der Waals surface area contributed by atoms with Crippen molar-refractivity contribution in [1.82, 2.24) is 0 Å². The molecule has 0 aliphatic carbocycles. The number of carbonyl (C=O) groups is 1. The van der Waals surface area contributed by atoms with Gasteiger partial charge in [-0.1, -0.05) is 72.3 Å². The molecule has 0 saturated heterocycles. The molecular formula is C22H18O2. The summed E-state index contributed by atoms with van der Waals surface area (Å²) >= 11 is 0. The van der Waals surface area contributed by atoms with E-state index in [-0.39, 0.29) is 11.9 Å². The first-order valence-corrected chi connectivity index (χ1v) is 8.17. The van der Waals surface area contributed by atoms with Gasteiger partial charge in [-0.3, -0.25) is 4.79 Å². The quantitative estimate of drug-likeness (QED) is 0.636. The van der Waals surface area contributed by atoms with Gasteiger partial charge in [-0.05, 0) is 24.1 Å². The third-order valence-electron chi connectivity index (χ3n) is 4.48. The van der Waals surface area contributed by atoms with Crippen LogP contribution in [-0.2, 0) is 0 Å². The van der Waals surface area contributed by atoms with Crippen LogP contribution in [0.15, 0.2) is 72.8 Å². The Kier molecular flexibility index (Phi) is 3.66. The SMILES string of the molecule is Cc1ccc(-c2cccc3c2OC(c2ccccc2)CC3=O)cc1. The summed E-state index contributed by atoms with van der Waals surface area (Å²) in [4.78, 5) is 12.6. The molecule has 0 bridgehead atoms. The van der Waals surface area contributed by atoms with Crippen LogP contribution in [-0.4, -0.2) is 5.78 Å². The van der Waals surface area contributed by atoms with Crippen LogP contribution >= 0.6 is 0 Å². The average molecular weight is 314 g/mol. The number of benzene rings is 3. The van der Waals surface area contributed by atoms with E-state index in [9.17, 15) is 4.79 Å². The summed E-state index contributed by atoms with van der Waals surface area (Å²) in [7, 11) is 0. The van der Waals surface area contributed by atoms with E-state index in [1.807, 2.05) is 48.5 Å². The highest BCUT2D eigenvalue weighted by Gasteiger charge is 2.29. The lowest BCUT2D eigenvalue weighted by Crippen LogP contribution is -2.20. The number of fused-ring (bicyclic) bond motifs is 1. The molecule has 0 N–H and O–H groups in total. The number of carbonyl (C=O) groups excluding carboxylic acids is 1. The largest absolute Gasteiger partial charge is 0.484 e. The third-order valence-corrected chi connectivity index (χ3v) is 4.48. The van der Waals surface area contributed by atoms with Gasteiger partial charge in [0, 0.05) is 5.56 Å².